The number of nitrogens with one attached hydrogen (secondary N) is 2. The molecule has 0 bridgehead atoms. The van der Waals surface area contributed by atoms with Crippen LogP contribution in [0.1, 0.15) is 6.92 Å². The average Bonchev–Trinajstić information content (AvgIpc) is 3.23. The summed E-state index contributed by atoms with van der Waals surface area (Å²) in [5.41, 5.74) is -0.713. The summed E-state index contributed by atoms with van der Waals surface area (Å²) in [5, 5.41) is 5.78. The van der Waals surface area contributed by atoms with Crippen molar-refractivity contribution in [2.24, 2.45) is 0 Å². The summed E-state index contributed by atoms with van der Waals surface area (Å²) in [5.74, 6) is 0. The first kappa shape index (κ1) is 11.3. The van der Waals surface area contributed by atoms with E-state index in [4.69, 9.17) is 9.47 Å². The number of carbonyl (C=O) groups excluding carboxylic acids is 2. The quantitative estimate of drug-likeness (QED) is 0.632. The zero-order valence-electron chi connectivity index (χ0n) is 10.6. The van der Waals surface area contributed by atoms with Gasteiger partial charge in [0.15, 0.2) is 5.66 Å². The SMILES string of the molecule is CC12NC(=O)N(CC3CO3)C1NC(=O)N2CC1CO1. The summed E-state index contributed by atoms with van der Waals surface area (Å²) in [4.78, 5) is 27.4. The Bertz CT molecular complexity index is 448. The fourth-order valence-corrected chi connectivity index (χ4v) is 2.85. The summed E-state index contributed by atoms with van der Waals surface area (Å²) >= 11 is 0. The van der Waals surface area contributed by atoms with Crippen LogP contribution >= 0.6 is 0 Å². The van der Waals surface area contributed by atoms with Crippen LogP contribution in [0.2, 0.25) is 0 Å². The Balaban J connectivity index is 1.57. The summed E-state index contributed by atoms with van der Waals surface area (Å²) in [6.07, 6.45) is -0.152. The highest BCUT2D eigenvalue weighted by Gasteiger charge is 2.60. The van der Waals surface area contributed by atoms with Crippen LogP contribution in [0, 0.1) is 0 Å². The molecule has 4 unspecified atom stereocenters. The van der Waals surface area contributed by atoms with Gasteiger partial charge in [-0.1, -0.05) is 0 Å². The van der Waals surface area contributed by atoms with Crippen LogP contribution in [-0.2, 0) is 9.47 Å². The molecule has 104 valence electrons. The topological polar surface area (TPSA) is 89.7 Å². The molecule has 4 amide bonds. The minimum Gasteiger partial charge on any atom is -0.371 e. The van der Waals surface area contributed by atoms with E-state index in [0.29, 0.717) is 26.3 Å². The van der Waals surface area contributed by atoms with Crippen LogP contribution in [0.3, 0.4) is 0 Å². The highest BCUT2D eigenvalue weighted by molar-refractivity contribution is 5.86. The zero-order chi connectivity index (χ0) is 13.2. The van der Waals surface area contributed by atoms with Gasteiger partial charge in [-0.05, 0) is 6.92 Å². The fraction of sp³-hybridized carbons (Fsp3) is 0.818. The second-order valence-electron chi connectivity index (χ2n) is 5.60. The lowest BCUT2D eigenvalue weighted by atomic mass is 10.1. The van der Waals surface area contributed by atoms with E-state index < -0.39 is 5.66 Å². The van der Waals surface area contributed by atoms with E-state index >= 15 is 0 Å². The first-order chi connectivity index (χ1) is 9.08. The maximum Gasteiger partial charge on any atom is 0.321 e. The molecule has 4 fully saturated rings. The number of epoxide rings is 2. The van der Waals surface area contributed by atoms with Gasteiger partial charge in [0.1, 0.15) is 6.17 Å². The molecule has 0 spiro atoms. The maximum absolute atomic E-state index is 12.1. The Morgan fingerprint density at radius 2 is 1.84 bits per heavy atom. The van der Waals surface area contributed by atoms with Gasteiger partial charge >= 0.3 is 12.1 Å². The molecule has 0 aromatic heterocycles. The molecule has 4 aliphatic rings. The summed E-state index contributed by atoms with van der Waals surface area (Å²) in [7, 11) is 0. The Morgan fingerprint density at radius 1 is 1.21 bits per heavy atom. The Labute approximate surface area is 110 Å². The number of hydrogen-bond acceptors (Lipinski definition) is 4. The van der Waals surface area contributed by atoms with Gasteiger partial charge in [-0.2, -0.15) is 0 Å². The molecule has 4 rings (SSSR count). The van der Waals surface area contributed by atoms with Crippen LogP contribution in [0.25, 0.3) is 0 Å². The molecule has 19 heavy (non-hydrogen) atoms. The van der Waals surface area contributed by atoms with E-state index in [-0.39, 0.29) is 30.4 Å². The number of nitrogens with zero attached hydrogens (tertiary/aromatic N) is 2. The standard InChI is InChI=1S/C11H16N4O4/c1-11-8(12-9(16)15(11)3-7-5-19-7)14(10(17)13-11)2-6-4-18-6/h6-8H,2-5H2,1H3,(H,12,16)(H,13,17). The van der Waals surface area contributed by atoms with Gasteiger partial charge in [-0.15, -0.1) is 0 Å². The van der Waals surface area contributed by atoms with Crippen LogP contribution in [0.15, 0.2) is 0 Å². The van der Waals surface area contributed by atoms with Crippen LogP contribution in [0.5, 0.6) is 0 Å². The molecule has 0 aliphatic carbocycles. The third-order valence-corrected chi connectivity index (χ3v) is 4.12. The molecular formula is C11H16N4O4. The highest BCUT2D eigenvalue weighted by Crippen LogP contribution is 2.33. The minimum absolute atomic E-state index is 0.0963. The van der Waals surface area contributed by atoms with Crippen molar-refractivity contribution in [3.8, 4) is 0 Å². The van der Waals surface area contributed by atoms with Crippen LogP contribution in [-0.4, -0.2) is 72.2 Å². The number of hydrogen-bond donors (Lipinski definition) is 2. The largest absolute Gasteiger partial charge is 0.371 e. The lowest BCUT2D eigenvalue weighted by Crippen LogP contribution is -2.57. The van der Waals surface area contributed by atoms with Crippen molar-refractivity contribution in [2.45, 2.75) is 31.0 Å². The summed E-state index contributed by atoms with van der Waals surface area (Å²) < 4.78 is 10.3. The smallest absolute Gasteiger partial charge is 0.321 e. The zero-order valence-corrected chi connectivity index (χ0v) is 10.6. The van der Waals surface area contributed by atoms with Crippen molar-refractivity contribution in [3.05, 3.63) is 0 Å². The second kappa shape index (κ2) is 3.51. The molecule has 0 saturated carbocycles. The van der Waals surface area contributed by atoms with Gasteiger partial charge in [0.2, 0.25) is 0 Å². The minimum atomic E-state index is -0.713. The van der Waals surface area contributed by atoms with E-state index in [2.05, 4.69) is 10.6 Å². The summed E-state index contributed by atoms with van der Waals surface area (Å²) in [6, 6.07) is -0.325. The molecule has 4 saturated heterocycles. The van der Waals surface area contributed by atoms with Gasteiger partial charge in [0.05, 0.1) is 38.5 Å². The van der Waals surface area contributed by atoms with Gasteiger partial charge < -0.3 is 20.1 Å². The molecule has 4 aliphatic heterocycles. The van der Waals surface area contributed by atoms with Crippen molar-refractivity contribution in [1.82, 2.24) is 20.4 Å². The molecule has 0 aromatic carbocycles. The third kappa shape index (κ3) is 1.67. The van der Waals surface area contributed by atoms with E-state index in [9.17, 15) is 9.59 Å². The van der Waals surface area contributed by atoms with Crippen molar-refractivity contribution in [3.63, 3.8) is 0 Å². The molecule has 8 heteroatoms. The molecule has 4 heterocycles. The van der Waals surface area contributed by atoms with Gasteiger partial charge in [-0.3, -0.25) is 9.80 Å². The predicted octanol–water partition coefficient (Wildman–Crippen LogP) is -1.12. The Kier molecular flexibility index (Phi) is 2.09. The van der Waals surface area contributed by atoms with Crippen molar-refractivity contribution >= 4 is 12.1 Å². The average molecular weight is 268 g/mol. The first-order valence-electron chi connectivity index (χ1n) is 6.48. The number of fused-ring (bicyclic) bond motifs is 1. The lowest BCUT2D eigenvalue weighted by molar-refractivity contribution is 0.118. The van der Waals surface area contributed by atoms with Gasteiger partial charge in [0.25, 0.3) is 0 Å². The van der Waals surface area contributed by atoms with Crippen LogP contribution < -0.4 is 10.6 Å². The van der Waals surface area contributed by atoms with E-state index in [1.54, 1.807) is 9.80 Å². The molecule has 0 radical (unpaired) electrons. The van der Waals surface area contributed by atoms with E-state index in [1.807, 2.05) is 6.92 Å². The fourth-order valence-electron chi connectivity index (χ4n) is 2.85. The first-order valence-corrected chi connectivity index (χ1v) is 6.48. The predicted molar refractivity (Wildman–Crippen MR) is 62.1 cm³/mol. The third-order valence-electron chi connectivity index (χ3n) is 4.12. The number of rotatable bonds is 4. The van der Waals surface area contributed by atoms with Crippen molar-refractivity contribution < 1.29 is 19.1 Å². The number of carbonyl (C=O) groups is 2. The van der Waals surface area contributed by atoms with Gasteiger partial charge in [0, 0.05) is 0 Å². The van der Waals surface area contributed by atoms with Crippen molar-refractivity contribution in [1.29, 1.82) is 0 Å². The summed E-state index contributed by atoms with van der Waals surface area (Å²) in [6.45, 7) is 4.25. The molecule has 8 nitrogen and oxygen atoms in total. The number of amides is 4. The molecule has 0 aromatic rings. The van der Waals surface area contributed by atoms with Crippen LogP contribution in [0.4, 0.5) is 9.59 Å². The highest BCUT2D eigenvalue weighted by atomic mass is 16.6. The number of urea groups is 2. The number of ether oxygens (including phenoxy) is 2. The van der Waals surface area contributed by atoms with E-state index in [0.717, 1.165) is 0 Å². The molecule has 4 atom stereocenters. The Hall–Kier alpha value is -1.54. The maximum atomic E-state index is 12.1. The molecule has 2 N–H and O–H groups in total. The van der Waals surface area contributed by atoms with E-state index in [1.165, 1.54) is 0 Å². The Morgan fingerprint density at radius 3 is 2.47 bits per heavy atom. The molecular weight excluding hydrogens is 252 g/mol. The van der Waals surface area contributed by atoms with Crippen molar-refractivity contribution in [2.75, 3.05) is 26.3 Å². The monoisotopic (exact) mass is 268 g/mol. The normalized spacial score (nSPS) is 43.1. The second-order valence-corrected chi connectivity index (χ2v) is 5.60. The van der Waals surface area contributed by atoms with Gasteiger partial charge in [-0.25, -0.2) is 9.59 Å². The lowest BCUT2D eigenvalue weighted by Gasteiger charge is -2.32.